The van der Waals surface area contributed by atoms with Gasteiger partial charge < -0.3 is 5.32 Å². The fourth-order valence-corrected chi connectivity index (χ4v) is 3.66. The van der Waals surface area contributed by atoms with Crippen molar-refractivity contribution >= 4 is 35.1 Å². The lowest BCUT2D eigenvalue weighted by atomic mass is 10.1. The van der Waals surface area contributed by atoms with Crippen molar-refractivity contribution in [3.8, 4) is 0 Å². The number of benzene rings is 3. The Labute approximate surface area is 171 Å². The molecule has 3 nitrogen and oxygen atoms in total. The van der Waals surface area contributed by atoms with Crippen LogP contribution >= 0.6 is 23.4 Å². The molecule has 0 aliphatic rings. The van der Waals surface area contributed by atoms with Gasteiger partial charge >= 0.3 is 0 Å². The average Bonchev–Trinajstić information content (AvgIpc) is 2.72. The third kappa shape index (κ3) is 5.44. The topological polar surface area (TPSA) is 46.2 Å². The van der Waals surface area contributed by atoms with Crippen LogP contribution in [-0.4, -0.2) is 17.1 Å². The van der Waals surface area contributed by atoms with Gasteiger partial charge in [0.05, 0.1) is 0 Å². The number of carbonyl (C=O) groups excluding carboxylic acids is 2. The zero-order valence-corrected chi connectivity index (χ0v) is 16.3. The molecule has 0 aromatic heterocycles. The number of hydrogen-bond acceptors (Lipinski definition) is 3. The summed E-state index contributed by atoms with van der Waals surface area (Å²) in [6.45, 7) is 0. The molecule has 1 N–H and O–H groups in total. The minimum absolute atomic E-state index is 0.289. The highest BCUT2D eigenvalue weighted by atomic mass is 35.5. The highest BCUT2D eigenvalue weighted by Gasteiger charge is 2.23. The molecular formula is C22H17ClFNO2S. The van der Waals surface area contributed by atoms with Crippen LogP contribution in [0.5, 0.6) is 0 Å². The van der Waals surface area contributed by atoms with E-state index in [1.54, 1.807) is 24.3 Å². The predicted octanol–water partition coefficient (Wildman–Crippen LogP) is 5.35. The molecule has 0 aliphatic heterocycles. The van der Waals surface area contributed by atoms with Gasteiger partial charge in [0.15, 0.2) is 5.78 Å². The second-order valence-corrected chi connectivity index (χ2v) is 7.56. The molecule has 0 saturated carbocycles. The minimum atomic E-state index is -0.811. The van der Waals surface area contributed by atoms with Gasteiger partial charge in [0.1, 0.15) is 11.2 Å². The molecule has 142 valence electrons. The summed E-state index contributed by atoms with van der Waals surface area (Å²) in [6.07, 6.45) is 0. The van der Waals surface area contributed by atoms with Gasteiger partial charge in [0.25, 0.3) is 5.91 Å². The summed E-state index contributed by atoms with van der Waals surface area (Å²) < 4.78 is 13.2. The fourth-order valence-electron chi connectivity index (χ4n) is 2.51. The third-order valence-electron chi connectivity index (χ3n) is 3.99. The van der Waals surface area contributed by atoms with Gasteiger partial charge in [0.2, 0.25) is 0 Å². The van der Waals surface area contributed by atoms with E-state index in [-0.39, 0.29) is 11.7 Å². The number of halogens is 2. The molecule has 0 unspecified atom stereocenters. The van der Waals surface area contributed by atoms with Crippen LogP contribution in [0.2, 0.25) is 5.02 Å². The maximum absolute atomic E-state index is 13.2. The van der Waals surface area contributed by atoms with Crippen molar-refractivity contribution in [2.45, 2.75) is 11.1 Å². The Morgan fingerprint density at radius 2 is 1.50 bits per heavy atom. The number of rotatable bonds is 7. The molecule has 28 heavy (non-hydrogen) atoms. The molecule has 0 aliphatic carbocycles. The van der Waals surface area contributed by atoms with Gasteiger partial charge in [-0.25, -0.2) is 4.39 Å². The molecule has 0 saturated heterocycles. The van der Waals surface area contributed by atoms with Crippen LogP contribution in [0.1, 0.15) is 26.3 Å². The first kappa shape index (κ1) is 20.1. The molecule has 0 spiro atoms. The Kier molecular flexibility index (Phi) is 6.85. The van der Waals surface area contributed by atoms with Gasteiger partial charge in [-0.15, -0.1) is 11.8 Å². The molecule has 0 bridgehead atoms. The van der Waals surface area contributed by atoms with E-state index in [1.165, 1.54) is 36.0 Å². The van der Waals surface area contributed by atoms with E-state index in [2.05, 4.69) is 5.32 Å². The van der Waals surface area contributed by atoms with Crippen molar-refractivity contribution in [1.82, 2.24) is 5.32 Å². The largest absolute Gasteiger partial charge is 0.333 e. The highest BCUT2D eigenvalue weighted by Crippen LogP contribution is 2.21. The van der Waals surface area contributed by atoms with E-state index in [0.29, 0.717) is 21.9 Å². The number of hydrogen-bond donors (Lipinski definition) is 1. The molecule has 3 aromatic carbocycles. The van der Waals surface area contributed by atoms with Crippen molar-refractivity contribution in [3.63, 3.8) is 0 Å². The number of amides is 1. The van der Waals surface area contributed by atoms with Crippen molar-refractivity contribution in [3.05, 3.63) is 106 Å². The van der Waals surface area contributed by atoms with Crippen molar-refractivity contribution in [2.24, 2.45) is 0 Å². The van der Waals surface area contributed by atoms with Crippen LogP contribution in [0.3, 0.4) is 0 Å². The molecular weight excluding hydrogens is 397 g/mol. The Balaban J connectivity index is 1.78. The molecule has 0 heterocycles. The highest BCUT2D eigenvalue weighted by molar-refractivity contribution is 7.99. The maximum atomic E-state index is 13.2. The summed E-state index contributed by atoms with van der Waals surface area (Å²) >= 11 is 7.17. The van der Waals surface area contributed by atoms with Gasteiger partial charge in [0, 0.05) is 21.9 Å². The van der Waals surface area contributed by atoms with E-state index in [4.69, 9.17) is 11.6 Å². The third-order valence-corrected chi connectivity index (χ3v) is 5.41. The Morgan fingerprint density at radius 3 is 2.14 bits per heavy atom. The first-order chi connectivity index (χ1) is 13.5. The molecule has 1 amide bonds. The fraction of sp³-hybridized carbons (Fsp3) is 0.0909. The summed E-state index contributed by atoms with van der Waals surface area (Å²) in [7, 11) is 0. The Bertz CT molecular complexity index is 947. The summed E-state index contributed by atoms with van der Waals surface area (Å²) in [4.78, 5) is 25.5. The van der Waals surface area contributed by atoms with Gasteiger partial charge in [-0.1, -0.05) is 41.9 Å². The quantitative estimate of drug-likeness (QED) is 0.419. The zero-order chi connectivity index (χ0) is 19.9. The van der Waals surface area contributed by atoms with Crippen molar-refractivity contribution < 1.29 is 14.0 Å². The number of ketones is 1. The summed E-state index contributed by atoms with van der Waals surface area (Å²) in [5, 5.41) is 2.48. The second-order valence-electron chi connectivity index (χ2n) is 6.03. The molecule has 1 atom stereocenters. The van der Waals surface area contributed by atoms with E-state index in [0.717, 1.165) is 5.56 Å². The Hall–Kier alpha value is -2.63. The first-order valence-electron chi connectivity index (χ1n) is 8.54. The Morgan fingerprint density at radius 1 is 0.893 bits per heavy atom. The summed E-state index contributed by atoms with van der Waals surface area (Å²) in [6, 6.07) is 21.4. The summed E-state index contributed by atoms with van der Waals surface area (Å²) in [5.41, 5.74) is 1.77. The standard InChI is InChI=1S/C22H17ClFNO2S/c23-18-10-6-17(7-11-18)21(27)25-22(28-14-15-4-2-1-3-5-15)20(26)16-8-12-19(24)13-9-16/h1-13,22H,14H2,(H,25,27)/t22-/m0/s1. The van der Waals surface area contributed by atoms with Crippen molar-refractivity contribution in [2.75, 3.05) is 0 Å². The van der Waals surface area contributed by atoms with Gasteiger partial charge in [-0.05, 0) is 54.1 Å². The molecule has 6 heteroatoms. The minimum Gasteiger partial charge on any atom is -0.333 e. The number of nitrogens with one attached hydrogen (secondary N) is 1. The SMILES string of the molecule is O=C(N[C@@H](SCc1ccccc1)C(=O)c1ccc(F)cc1)c1ccc(Cl)cc1. The number of Topliss-reactive ketones (excluding diaryl/α,β-unsaturated/α-hetero) is 1. The molecule has 0 radical (unpaired) electrons. The van der Waals surface area contributed by atoms with E-state index >= 15 is 0 Å². The van der Waals surface area contributed by atoms with Crippen LogP contribution in [0, 0.1) is 5.82 Å². The van der Waals surface area contributed by atoms with Crippen molar-refractivity contribution in [1.29, 1.82) is 0 Å². The lowest BCUT2D eigenvalue weighted by Gasteiger charge is -2.18. The normalized spacial score (nSPS) is 11.6. The number of carbonyl (C=O) groups is 2. The average molecular weight is 414 g/mol. The van der Waals surface area contributed by atoms with E-state index < -0.39 is 11.2 Å². The lowest BCUT2D eigenvalue weighted by molar-refractivity contribution is 0.0892. The summed E-state index contributed by atoms with van der Waals surface area (Å²) in [5.74, 6) is -0.546. The second kappa shape index (κ2) is 9.53. The molecule has 0 fully saturated rings. The monoisotopic (exact) mass is 413 g/mol. The van der Waals surface area contributed by atoms with Crippen LogP contribution in [0.4, 0.5) is 4.39 Å². The predicted molar refractivity (Wildman–Crippen MR) is 111 cm³/mol. The van der Waals surface area contributed by atoms with E-state index in [1.807, 2.05) is 30.3 Å². The molecule has 3 aromatic rings. The van der Waals surface area contributed by atoms with Crippen LogP contribution < -0.4 is 5.32 Å². The van der Waals surface area contributed by atoms with Gasteiger partial charge in [-0.2, -0.15) is 0 Å². The zero-order valence-electron chi connectivity index (χ0n) is 14.8. The maximum Gasteiger partial charge on any atom is 0.252 e. The van der Waals surface area contributed by atoms with E-state index in [9.17, 15) is 14.0 Å². The molecule has 3 rings (SSSR count). The van der Waals surface area contributed by atoms with Crippen LogP contribution in [0.25, 0.3) is 0 Å². The van der Waals surface area contributed by atoms with Crippen LogP contribution in [-0.2, 0) is 5.75 Å². The lowest BCUT2D eigenvalue weighted by Crippen LogP contribution is -2.38. The first-order valence-corrected chi connectivity index (χ1v) is 9.97. The smallest absolute Gasteiger partial charge is 0.252 e. The number of thioether (sulfide) groups is 1. The van der Waals surface area contributed by atoms with Gasteiger partial charge in [-0.3, -0.25) is 9.59 Å². The van der Waals surface area contributed by atoms with Crippen LogP contribution in [0.15, 0.2) is 78.9 Å².